The minimum atomic E-state index is -1.09. The van der Waals surface area contributed by atoms with E-state index >= 15 is 0 Å². The topological polar surface area (TPSA) is 107 Å². The number of hydrogen-bond acceptors (Lipinski definition) is 7. The van der Waals surface area contributed by atoms with Gasteiger partial charge in [-0.15, -0.1) is 0 Å². The molecule has 0 radical (unpaired) electrons. The number of fused-ring (bicyclic) bond motifs is 1. The zero-order chi connectivity index (χ0) is 26.9. The zero-order valence-corrected chi connectivity index (χ0v) is 24.1. The lowest BCUT2D eigenvalue weighted by atomic mass is 9.95. The molecule has 37 heavy (non-hydrogen) atoms. The molecule has 4 rings (SSSR count). The van der Waals surface area contributed by atoms with Crippen LogP contribution in [-0.2, 0) is 14.3 Å². The lowest BCUT2D eigenvalue weighted by Gasteiger charge is -2.24. The van der Waals surface area contributed by atoms with E-state index in [0.717, 1.165) is 11.1 Å². The molecular formula is C26H22Br2N2O6S. The normalized spacial score (nSPS) is 15.3. The van der Waals surface area contributed by atoms with Crippen molar-refractivity contribution in [1.82, 2.24) is 4.57 Å². The first kappa shape index (κ1) is 27.0. The molecule has 192 valence electrons. The fraction of sp³-hybridized carbons (Fsp3) is 0.231. The fourth-order valence-electron chi connectivity index (χ4n) is 3.94. The third-order valence-electron chi connectivity index (χ3n) is 5.57. The second-order valence-corrected chi connectivity index (χ2v) is 10.9. The van der Waals surface area contributed by atoms with Crippen LogP contribution in [0.3, 0.4) is 0 Å². The summed E-state index contributed by atoms with van der Waals surface area (Å²) in [5, 5.41) is 8.90. The third-order valence-corrected chi connectivity index (χ3v) is 7.73. The van der Waals surface area contributed by atoms with Crippen molar-refractivity contribution in [3.05, 3.63) is 93.0 Å². The van der Waals surface area contributed by atoms with Crippen LogP contribution in [-0.4, -0.2) is 34.8 Å². The molecule has 1 N–H and O–H groups in total. The maximum atomic E-state index is 13.7. The van der Waals surface area contributed by atoms with E-state index in [1.807, 2.05) is 31.2 Å². The van der Waals surface area contributed by atoms with E-state index in [2.05, 4.69) is 36.9 Å². The van der Waals surface area contributed by atoms with Gasteiger partial charge in [-0.05, 0) is 82.0 Å². The summed E-state index contributed by atoms with van der Waals surface area (Å²) in [6.45, 7) is 5.16. The average Bonchev–Trinajstić information content (AvgIpc) is 3.12. The fourth-order valence-corrected chi connectivity index (χ4v) is 6.44. The van der Waals surface area contributed by atoms with Crippen molar-refractivity contribution in [2.45, 2.75) is 26.8 Å². The van der Waals surface area contributed by atoms with Gasteiger partial charge in [0.15, 0.2) is 11.4 Å². The summed E-state index contributed by atoms with van der Waals surface area (Å²) in [5.41, 5.74) is 3.06. The molecular weight excluding hydrogens is 628 g/mol. The van der Waals surface area contributed by atoms with Crippen LogP contribution in [0.5, 0.6) is 5.75 Å². The molecule has 0 bridgehead atoms. The number of aryl methyl sites for hydroxylation is 1. The molecule has 2 heterocycles. The lowest BCUT2D eigenvalue weighted by molar-refractivity contribution is -0.140. The van der Waals surface area contributed by atoms with Gasteiger partial charge in [0.1, 0.15) is 5.75 Å². The van der Waals surface area contributed by atoms with Crippen molar-refractivity contribution in [3.8, 4) is 5.75 Å². The highest BCUT2D eigenvalue weighted by molar-refractivity contribution is 9.11. The van der Waals surface area contributed by atoms with Gasteiger partial charge in [0.25, 0.3) is 5.56 Å². The summed E-state index contributed by atoms with van der Waals surface area (Å²) in [6, 6.07) is 10.5. The van der Waals surface area contributed by atoms with Crippen molar-refractivity contribution in [2.24, 2.45) is 4.99 Å². The number of carboxylic acids is 1. The van der Waals surface area contributed by atoms with Gasteiger partial charge in [-0.1, -0.05) is 41.2 Å². The SMILES string of the molecule is CCOC(=O)C1=C(C)N=c2s/c(=C/c3cc(Br)c(OCC(=O)O)c(Br)c3)c(=O)n2[C@H]1c1ccc(C)cc1. The van der Waals surface area contributed by atoms with Crippen LogP contribution in [0.1, 0.15) is 36.6 Å². The largest absolute Gasteiger partial charge is 0.480 e. The number of esters is 1. The summed E-state index contributed by atoms with van der Waals surface area (Å²) in [4.78, 5) is 42.6. The van der Waals surface area contributed by atoms with Gasteiger partial charge in [0.05, 0.1) is 37.4 Å². The molecule has 0 fully saturated rings. The van der Waals surface area contributed by atoms with Gasteiger partial charge in [0, 0.05) is 0 Å². The van der Waals surface area contributed by atoms with E-state index in [4.69, 9.17) is 14.6 Å². The Labute approximate surface area is 232 Å². The van der Waals surface area contributed by atoms with Crippen molar-refractivity contribution in [2.75, 3.05) is 13.2 Å². The third kappa shape index (κ3) is 5.63. The maximum absolute atomic E-state index is 13.7. The van der Waals surface area contributed by atoms with E-state index in [-0.39, 0.29) is 12.2 Å². The number of allylic oxidation sites excluding steroid dienone is 1. The number of aromatic nitrogens is 1. The van der Waals surface area contributed by atoms with E-state index in [1.165, 1.54) is 15.9 Å². The van der Waals surface area contributed by atoms with Gasteiger partial charge in [0.2, 0.25) is 0 Å². The van der Waals surface area contributed by atoms with Crippen molar-refractivity contribution in [3.63, 3.8) is 0 Å². The van der Waals surface area contributed by atoms with Crippen LogP contribution in [0.4, 0.5) is 0 Å². The number of benzene rings is 2. The number of carboxylic acid groups (broad SMARTS) is 1. The number of nitrogens with zero attached hydrogens (tertiary/aromatic N) is 2. The summed E-state index contributed by atoms with van der Waals surface area (Å²) < 4.78 is 13.7. The number of carbonyl (C=O) groups is 2. The molecule has 0 spiro atoms. The number of hydrogen-bond donors (Lipinski definition) is 1. The quantitative estimate of drug-likeness (QED) is 0.387. The lowest BCUT2D eigenvalue weighted by Crippen LogP contribution is -2.39. The highest BCUT2D eigenvalue weighted by atomic mass is 79.9. The van der Waals surface area contributed by atoms with Gasteiger partial charge in [-0.2, -0.15) is 0 Å². The van der Waals surface area contributed by atoms with Crippen molar-refractivity contribution in [1.29, 1.82) is 0 Å². The van der Waals surface area contributed by atoms with E-state index in [0.29, 0.717) is 40.9 Å². The number of thiazole rings is 1. The minimum Gasteiger partial charge on any atom is -0.480 e. The molecule has 1 aliphatic rings. The molecule has 11 heteroatoms. The van der Waals surface area contributed by atoms with E-state index in [9.17, 15) is 14.4 Å². The number of rotatable bonds is 7. The molecule has 0 unspecified atom stereocenters. The number of ether oxygens (including phenoxy) is 2. The number of halogens is 2. The molecule has 2 aromatic carbocycles. The smallest absolute Gasteiger partial charge is 0.341 e. The van der Waals surface area contributed by atoms with Crippen LogP contribution in [0, 0.1) is 6.92 Å². The molecule has 8 nitrogen and oxygen atoms in total. The highest BCUT2D eigenvalue weighted by Gasteiger charge is 2.33. The predicted molar refractivity (Wildman–Crippen MR) is 147 cm³/mol. The van der Waals surface area contributed by atoms with Crippen LogP contribution >= 0.6 is 43.2 Å². The Balaban J connectivity index is 1.86. The molecule has 1 atom stereocenters. The molecule has 0 amide bonds. The van der Waals surface area contributed by atoms with Gasteiger partial charge < -0.3 is 14.6 Å². The van der Waals surface area contributed by atoms with Gasteiger partial charge in [-0.3, -0.25) is 9.36 Å². The number of carbonyl (C=O) groups excluding carboxylic acids is 1. The van der Waals surface area contributed by atoms with Crippen molar-refractivity contribution < 1.29 is 24.2 Å². The predicted octanol–water partition coefficient (Wildman–Crippen LogP) is 4.10. The average molecular weight is 650 g/mol. The molecule has 0 saturated carbocycles. The highest BCUT2D eigenvalue weighted by Crippen LogP contribution is 2.35. The molecule has 0 aliphatic carbocycles. The molecule has 3 aromatic rings. The van der Waals surface area contributed by atoms with Crippen molar-refractivity contribution >= 4 is 61.2 Å². The Hall–Kier alpha value is -3.02. The first-order valence-electron chi connectivity index (χ1n) is 11.2. The standard InChI is InChI=1S/C26H22Br2N2O6S/c1-4-35-25(34)21-14(3)29-26-30(22(21)16-7-5-13(2)6-8-16)24(33)19(37-26)11-15-9-17(27)23(18(28)10-15)36-12-20(31)32/h5-11,22H,4,12H2,1-3H3,(H,31,32)/b19-11+/t22-/m0/s1. The second kappa shape index (κ2) is 11.2. The van der Waals surface area contributed by atoms with Gasteiger partial charge in [-0.25, -0.2) is 14.6 Å². The number of aliphatic carboxylic acids is 1. The van der Waals surface area contributed by atoms with Crippen LogP contribution in [0.2, 0.25) is 0 Å². The molecule has 0 saturated heterocycles. The summed E-state index contributed by atoms with van der Waals surface area (Å²) in [6.07, 6.45) is 1.72. The first-order valence-corrected chi connectivity index (χ1v) is 13.6. The summed E-state index contributed by atoms with van der Waals surface area (Å²) >= 11 is 8.03. The zero-order valence-electron chi connectivity index (χ0n) is 20.1. The first-order chi connectivity index (χ1) is 17.6. The Morgan fingerprint density at radius 1 is 1.16 bits per heavy atom. The molecule has 1 aliphatic heterocycles. The molecule has 1 aromatic heterocycles. The Morgan fingerprint density at radius 2 is 1.81 bits per heavy atom. The van der Waals surface area contributed by atoms with Crippen LogP contribution in [0.15, 0.2) is 66.4 Å². The Kier molecular flexibility index (Phi) is 8.15. The maximum Gasteiger partial charge on any atom is 0.341 e. The van der Waals surface area contributed by atoms with Crippen LogP contribution in [0.25, 0.3) is 6.08 Å². The Morgan fingerprint density at radius 3 is 2.41 bits per heavy atom. The minimum absolute atomic E-state index is 0.205. The van der Waals surface area contributed by atoms with E-state index in [1.54, 1.807) is 32.1 Å². The van der Waals surface area contributed by atoms with Crippen LogP contribution < -0.4 is 19.6 Å². The van der Waals surface area contributed by atoms with Gasteiger partial charge >= 0.3 is 11.9 Å². The summed E-state index contributed by atoms with van der Waals surface area (Å²) in [5.74, 6) is -1.26. The monoisotopic (exact) mass is 648 g/mol. The summed E-state index contributed by atoms with van der Waals surface area (Å²) in [7, 11) is 0. The second-order valence-electron chi connectivity index (χ2n) is 8.21. The van der Waals surface area contributed by atoms with E-state index < -0.39 is 24.6 Å². The Bertz CT molecular complexity index is 1580.